The van der Waals surface area contributed by atoms with Gasteiger partial charge >= 0.3 is 0 Å². The average Bonchev–Trinajstić information content (AvgIpc) is 3.24. The molecule has 142 valence electrons. The van der Waals surface area contributed by atoms with E-state index in [0.29, 0.717) is 6.54 Å². The second kappa shape index (κ2) is 6.77. The Balaban J connectivity index is 1.58. The second-order valence-corrected chi connectivity index (χ2v) is 7.50. The van der Waals surface area contributed by atoms with Crippen LogP contribution in [0.25, 0.3) is 0 Å². The van der Waals surface area contributed by atoms with Crippen molar-refractivity contribution in [2.45, 2.75) is 25.4 Å². The topological polar surface area (TPSA) is 74.6 Å². The first kappa shape index (κ1) is 17.7. The van der Waals surface area contributed by atoms with E-state index >= 15 is 0 Å². The highest BCUT2D eigenvalue weighted by molar-refractivity contribution is 5.98. The zero-order valence-electron chi connectivity index (χ0n) is 15.7. The number of aryl methyl sites for hydroxylation is 1. The molecule has 4 rings (SSSR count). The molecule has 8 nitrogen and oxygen atoms in total. The second-order valence-electron chi connectivity index (χ2n) is 7.50. The van der Waals surface area contributed by atoms with Crippen molar-refractivity contribution in [2.24, 2.45) is 7.05 Å². The Labute approximate surface area is 158 Å². The molecular weight excluding hydrogens is 344 g/mol. The van der Waals surface area contributed by atoms with E-state index in [1.807, 2.05) is 25.5 Å². The molecule has 0 aromatic carbocycles. The number of aromatic nitrogens is 3. The van der Waals surface area contributed by atoms with Gasteiger partial charge in [0.25, 0.3) is 0 Å². The Hall–Kier alpha value is -2.74. The van der Waals surface area contributed by atoms with Gasteiger partial charge < -0.3 is 9.80 Å². The predicted octanol–water partition coefficient (Wildman–Crippen LogP) is 0.655. The van der Waals surface area contributed by atoms with Crippen LogP contribution in [0.3, 0.4) is 0 Å². The molecule has 2 aromatic heterocycles. The molecule has 1 unspecified atom stereocenters. The van der Waals surface area contributed by atoms with Gasteiger partial charge in [-0.25, -0.2) is 0 Å². The van der Waals surface area contributed by atoms with Crippen molar-refractivity contribution >= 4 is 17.5 Å². The van der Waals surface area contributed by atoms with Crippen LogP contribution in [0.2, 0.25) is 0 Å². The van der Waals surface area contributed by atoms with Crippen molar-refractivity contribution in [3.05, 3.63) is 42.5 Å². The molecule has 2 amide bonds. The summed E-state index contributed by atoms with van der Waals surface area (Å²) in [6, 6.07) is 4.00. The molecule has 2 aliphatic rings. The molecule has 4 heterocycles. The number of likely N-dealkylation sites (tertiary alicyclic amines) is 1. The summed E-state index contributed by atoms with van der Waals surface area (Å²) >= 11 is 0. The van der Waals surface area contributed by atoms with Crippen molar-refractivity contribution in [3.8, 4) is 0 Å². The third-order valence-electron chi connectivity index (χ3n) is 5.54. The predicted molar refractivity (Wildman–Crippen MR) is 99.8 cm³/mol. The molecule has 0 N–H and O–H groups in total. The van der Waals surface area contributed by atoms with Crippen LogP contribution in [0.4, 0.5) is 5.69 Å². The maximum absolute atomic E-state index is 12.7. The van der Waals surface area contributed by atoms with E-state index in [4.69, 9.17) is 0 Å². The zero-order valence-corrected chi connectivity index (χ0v) is 15.7. The molecule has 2 aliphatic heterocycles. The quantitative estimate of drug-likeness (QED) is 0.795. The van der Waals surface area contributed by atoms with Gasteiger partial charge in [0, 0.05) is 52.2 Å². The fraction of sp³-hybridized carbons (Fsp3) is 0.474. The van der Waals surface area contributed by atoms with E-state index in [1.54, 1.807) is 33.8 Å². The van der Waals surface area contributed by atoms with E-state index in [0.717, 1.165) is 37.3 Å². The van der Waals surface area contributed by atoms with Crippen LogP contribution in [-0.4, -0.2) is 68.1 Å². The van der Waals surface area contributed by atoms with Crippen molar-refractivity contribution < 1.29 is 9.59 Å². The van der Waals surface area contributed by atoms with Crippen molar-refractivity contribution in [3.63, 3.8) is 0 Å². The van der Waals surface area contributed by atoms with Crippen LogP contribution >= 0.6 is 0 Å². The van der Waals surface area contributed by atoms with Gasteiger partial charge in [-0.3, -0.25) is 24.2 Å². The molecule has 0 bridgehead atoms. The van der Waals surface area contributed by atoms with Crippen LogP contribution in [0.1, 0.15) is 18.9 Å². The summed E-state index contributed by atoms with van der Waals surface area (Å²) < 4.78 is 1.69. The monoisotopic (exact) mass is 368 g/mol. The molecule has 8 heteroatoms. The molecular formula is C19H24N6O2. The van der Waals surface area contributed by atoms with E-state index < -0.39 is 0 Å². The lowest BCUT2D eigenvalue weighted by atomic mass is 9.92. The summed E-state index contributed by atoms with van der Waals surface area (Å²) in [4.78, 5) is 35.1. The molecule has 0 aliphatic carbocycles. The first-order valence-corrected chi connectivity index (χ1v) is 9.15. The van der Waals surface area contributed by atoms with Crippen molar-refractivity contribution in [1.82, 2.24) is 24.6 Å². The highest BCUT2D eigenvalue weighted by Gasteiger charge is 2.50. The van der Waals surface area contributed by atoms with Crippen molar-refractivity contribution in [2.75, 3.05) is 31.1 Å². The minimum absolute atomic E-state index is 0.0441. The van der Waals surface area contributed by atoms with E-state index in [2.05, 4.69) is 21.0 Å². The Morgan fingerprint density at radius 3 is 2.81 bits per heavy atom. The molecule has 1 atom stereocenters. The maximum atomic E-state index is 12.7. The summed E-state index contributed by atoms with van der Waals surface area (Å²) in [5, 5.41) is 4.19. The molecule has 2 saturated heterocycles. The number of pyridine rings is 1. The van der Waals surface area contributed by atoms with Gasteiger partial charge in [-0.15, -0.1) is 0 Å². The van der Waals surface area contributed by atoms with Gasteiger partial charge in [0.1, 0.15) is 6.54 Å². The number of carbonyl (C=O) groups excluding carboxylic acids is 2. The highest BCUT2D eigenvalue weighted by atomic mass is 16.2. The van der Waals surface area contributed by atoms with Gasteiger partial charge in [-0.1, -0.05) is 6.07 Å². The molecule has 27 heavy (non-hydrogen) atoms. The lowest BCUT2D eigenvalue weighted by Gasteiger charge is -2.48. The van der Waals surface area contributed by atoms with Gasteiger partial charge in [0.05, 0.1) is 24.0 Å². The summed E-state index contributed by atoms with van der Waals surface area (Å²) in [6.45, 7) is 4.59. The zero-order chi connectivity index (χ0) is 19.0. The number of hydrogen-bond donors (Lipinski definition) is 0. The molecule has 2 aromatic rings. The molecule has 0 saturated carbocycles. The fourth-order valence-electron chi connectivity index (χ4n) is 4.26. The third-order valence-corrected chi connectivity index (χ3v) is 5.54. The molecule has 0 radical (unpaired) electrons. The summed E-state index contributed by atoms with van der Waals surface area (Å²) in [7, 11) is 1.83. The van der Waals surface area contributed by atoms with Crippen LogP contribution < -0.4 is 4.90 Å². The Bertz CT molecular complexity index is 851. The van der Waals surface area contributed by atoms with Crippen LogP contribution in [-0.2, 0) is 23.2 Å². The fourth-order valence-corrected chi connectivity index (χ4v) is 4.26. The Kier molecular flexibility index (Phi) is 4.43. The van der Waals surface area contributed by atoms with Crippen LogP contribution in [0, 0.1) is 0 Å². The smallest absolute Gasteiger partial charge is 0.246 e. The van der Waals surface area contributed by atoms with Gasteiger partial charge in [-0.2, -0.15) is 5.10 Å². The van der Waals surface area contributed by atoms with E-state index in [1.165, 1.54) is 0 Å². The minimum Gasteiger partial charge on any atom is -0.325 e. The largest absolute Gasteiger partial charge is 0.325 e. The highest BCUT2D eigenvalue weighted by Crippen LogP contribution is 2.35. The number of piperazine rings is 1. The standard InChI is InChI=1S/C19H24N6O2/c1-15(26)25-12-18(27)24(17-9-21-22(2)11-17)14-19(25)5-7-23(13-19)10-16-4-3-6-20-8-16/h3-4,6,8-9,11H,5,7,10,12-14H2,1-2H3. The first-order valence-electron chi connectivity index (χ1n) is 9.15. The van der Waals surface area contributed by atoms with Gasteiger partial charge in [0.2, 0.25) is 11.8 Å². The number of amides is 2. The van der Waals surface area contributed by atoms with Gasteiger partial charge in [-0.05, 0) is 18.1 Å². The number of carbonyl (C=O) groups is 2. The lowest BCUT2D eigenvalue weighted by molar-refractivity contribution is -0.142. The van der Waals surface area contributed by atoms with Crippen LogP contribution in [0.15, 0.2) is 36.9 Å². The van der Waals surface area contributed by atoms with Gasteiger partial charge in [0.15, 0.2) is 0 Å². The molecule has 2 fully saturated rings. The first-order chi connectivity index (χ1) is 13.0. The number of hydrogen-bond acceptors (Lipinski definition) is 5. The number of nitrogens with zero attached hydrogens (tertiary/aromatic N) is 6. The minimum atomic E-state index is -0.363. The SMILES string of the molecule is CC(=O)N1CC(=O)N(c2cnn(C)c2)CC12CCN(Cc1cccnc1)C2. The number of anilines is 1. The van der Waals surface area contributed by atoms with Crippen molar-refractivity contribution in [1.29, 1.82) is 0 Å². The van der Waals surface area contributed by atoms with E-state index in [-0.39, 0.29) is 23.9 Å². The summed E-state index contributed by atoms with van der Waals surface area (Å²) in [5.41, 5.74) is 1.58. The third kappa shape index (κ3) is 3.32. The Morgan fingerprint density at radius 1 is 1.30 bits per heavy atom. The Morgan fingerprint density at radius 2 is 2.15 bits per heavy atom. The van der Waals surface area contributed by atoms with Crippen LogP contribution in [0.5, 0.6) is 0 Å². The van der Waals surface area contributed by atoms with E-state index in [9.17, 15) is 9.59 Å². The average molecular weight is 368 g/mol. The summed E-state index contributed by atoms with van der Waals surface area (Å²) in [6.07, 6.45) is 8.04. The molecule has 1 spiro atoms. The summed E-state index contributed by atoms with van der Waals surface area (Å²) in [5.74, 6) is -0.105. The number of rotatable bonds is 3. The lowest BCUT2D eigenvalue weighted by Crippen LogP contribution is -2.66. The normalized spacial score (nSPS) is 23.4. The maximum Gasteiger partial charge on any atom is 0.246 e.